The van der Waals surface area contributed by atoms with Crippen LogP contribution in [0.15, 0.2) is 24.3 Å². The summed E-state index contributed by atoms with van der Waals surface area (Å²) in [4.78, 5) is 14.1. The first-order valence-corrected chi connectivity index (χ1v) is 6.14. The summed E-state index contributed by atoms with van der Waals surface area (Å²) >= 11 is 0. The fourth-order valence-electron chi connectivity index (χ4n) is 2.28. The number of amides is 1. The highest BCUT2D eigenvalue weighted by Crippen LogP contribution is 2.22. The molecule has 1 aliphatic heterocycles. The first-order chi connectivity index (χ1) is 8.09. The van der Waals surface area contributed by atoms with Crippen LogP contribution in [0.2, 0.25) is 0 Å². The lowest BCUT2D eigenvalue weighted by atomic mass is 9.96. The quantitative estimate of drug-likeness (QED) is 0.843. The van der Waals surface area contributed by atoms with Crippen molar-refractivity contribution in [3.05, 3.63) is 29.8 Å². The van der Waals surface area contributed by atoms with E-state index in [0.717, 1.165) is 18.8 Å². The maximum Gasteiger partial charge on any atom is 0.231 e. The summed E-state index contributed by atoms with van der Waals surface area (Å²) in [5, 5.41) is 3.27. The predicted molar refractivity (Wildman–Crippen MR) is 70.1 cm³/mol. The van der Waals surface area contributed by atoms with E-state index in [-0.39, 0.29) is 11.8 Å². The lowest BCUT2D eigenvalue weighted by molar-refractivity contribution is -0.122. The van der Waals surface area contributed by atoms with Gasteiger partial charge in [0, 0.05) is 19.3 Å². The molecular formula is C14H20N2O. The molecule has 1 heterocycles. The minimum Gasteiger partial charge on any atom is -0.316 e. The van der Waals surface area contributed by atoms with E-state index in [1.165, 1.54) is 5.56 Å². The van der Waals surface area contributed by atoms with Gasteiger partial charge in [-0.2, -0.15) is 0 Å². The number of carbonyl (C=O) groups excluding carboxylic acids is 1. The molecule has 1 fully saturated rings. The number of benzene rings is 1. The van der Waals surface area contributed by atoms with Crippen molar-refractivity contribution in [3.63, 3.8) is 0 Å². The van der Waals surface area contributed by atoms with E-state index in [2.05, 4.69) is 19.2 Å². The van der Waals surface area contributed by atoms with Crippen LogP contribution in [0.4, 0.5) is 5.69 Å². The van der Waals surface area contributed by atoms with Crippen molar-refractivity contribution in [3.8, 4) is 0 Å². The van der Waals surface area contributed by atoms with E-state index < -0.39 is 0 Å². The first kappa shape index (κ1) is 12.1. The summed E-state index contributed by atoms with van der Waals surface area (Å²) in [6, 6.07) is 8.07. The number of aryl methyl sites for hydroxylation is 1. The van der Waals surface area contributed by atoms with E-state index in [9.17, 15) is 4.79 Å². The highest BCUT2D eigenvalue weighted by Gasteiger charge is 2.31. The Balaban J connectivity index is 2.11. The third-order valence-electron chi connectivity index (χ3n) is 3.59. The molecule has 0 aliphatic carbocycles. The lowest BCUT2D eigenvalue weighted by Crippen LogP contribution is -2.36. The van der Waals surface area contributed by atoms with Gasteiger partial charge < -0.3 is 10.2 Å². The molecule has 0 unspecified atom stereocenters. The summed E-state index contributed by atoms with van der Waals surface area (Å²) in [5.74, 6) is 0.753. The molecule has 1 aromatic rings. The van der Waals surface area contributed by atoms with Gasteiger partial charge in [0.05, 0.1) is 5.92 Å². The minimum absolute atomic E-state index is 0.112. The summed E-state index contributed by atoms with van der Waals surface area (Å²) < 4.78 is 0. The van der Waals surface area contributed by atoms with E-state index in [1.54, 1.807) is 4.90 Å². The largest absolute Gasteiger partial charge is 0.316 e. The molecule has 1 amide bonds. The molecule has 1 aromatic carbocycles. The maximum absolute atomic E-state index is 12.3. The van der Waals surface area contributed by atoms with Crippen LogP contribution in [0.1, 0.15) is 12.5 Å². The normalized spacial score (nSPS) is 23.7. The number of hydrogen-bond acceptors (Lipinski definition) is 2. The van der Waals surface area contributed by atoms with E-state index >= 15 is 0 Å². The average molecular weight is 232 g/mol. The van der Waals surface area contributed by atoms with Crippen LogP contribution in [0.3, 0.4) is 0 Å². The monoisotopic (exact) mass is 232 g/mol. The average Bonchev–Trinajstić information content (AvgIpc) is 2.74. The Bertz CT molecular complexity index is 399. The Morgan fingerprint density at radius 2 is 1.94 bits per heavy atom. The Morgan fingerprint density at radius 3 is 2.47 bits per heavy atom. The topological polar surface area (TPSA) is 32.3 Å². The molecule has 1 aliphatic rings. The Labute approximate surface area is 103 Å². The van der Waals surface area contributed by atoms with Gasteiger partial charge in [0.25, 0.3) is 0 Å². The SMILES string of the molecule is Cc1ccc(N(C)C(=O)[C@@H]2CNC[C@H]2C)cc1. The molecule has 2 atom stereocenters. The van der Waals surface area contributed by atoms with Gasteiger partial charge in [0.2, 0.25) is 5.91 Å². The molecule has 0 bridgehead atoms. The number of hydrogen-bond donors (Lipinski definition) is 1. The Kier molecular flexibility index (Phi) is 3.48. The van der Waals surface area contributed by atoms with Gasteiger partial charge in [0.1, 0.15) is 0 Å². The zero-order chi connectivity index (χ0) is 12.4. The molecule has 1 saturated heterocycles. The number of nitrogens with zero attached hydrogens (tertiary/aromatic N) is 1. The zero-order valence-electron chi connectivity index (χ0n) is 10.7. The van der Waals surface area contributed by atoms with Gasteiger partial charge >= 0.3 is 0 Å². The summed E-state index contributed by atoms with van der Waals surface area (Å²) in [6.45, 7) is 5.93. The van der Waals surface area contributed by atoms with Crippen molar-refractivity contribution in [1.82, 2.24) is 5.32 Å². The summed E-state index contributed by atoms with van der Waals surface area (Å²) in [5.41, 5.74) is 2.19. The van der Waals surface area contributed by atoms with Gasteiger partial charge in [-0.3, -0.25) is 4.79 Å². The van der Waals surface area contributed by atoms with Crippen LogP contribution in [0.5, 0.6) is 0 Å². The van der Waals surface area contributed by atoms with Crippen LogP contribution in [0, 0.1) is 18.8 Å². The zero-order valence-corrected chi connectivity index (χ0v) is 10.7. The van der Waals surface area contributed by atoms with Crippen molar-refractivity contribution in [2.75, 3.05) is 25.0 Å². The van der Waals surface area contributed by atoms with Crippen LogP contribution in [-0.4, -0.2) is 26.0 Å². The third-order valence-corrected chi connectivity index (χ3v) is 3.59. The standard InChI is InChI=1S/C14H20N2O/c1-10-4-6-12(7-5-10)16(3)14(17)13-9-15-8-11(13)2/h4-7,11,13,15H,8-9H2,1-3H3/t11-,13-/m1/s1. The molecule has 3 heteroatoms. The van der Waals surface area contributed by atoms with Gasteiger partial charge in [-0.05, 0) is 31.5 Å². The van der Waals surface area contributed by atoms with Crippen molar-refractivity contribution >= 4 is 11.6 Å². The molecule has 3 nitrogen and oxygen atoms in total. The molecule has 0 saturated carbocycles. The minimum atomic E-state index is 0.112. The van der Waals surface area contributed by atoms with Crippen molar-refractivity contribution in [2.24, 2.45) is 11.8 Å². The Hall–Kier alpha value is -1.35. The van der Waals surface area contributed by atoms with Crippen LogP contribution >= 0.6 is 0 Å². The number of rotatable bonds is 2. The van der Waals surface area contributed by atoms with E-state index in [4.69, 9.17) is 0 Å². The predicted octanol–water partition coefficient (Wildman–Crippen LogP) is 1.81. The molecule has 92 valence electrons. The second kappa shape index (κ2) is 4.88. The molecule has 0 spiro atoms. The highest BCUT2D eigenvalue weighted by atomic mass is 16.2. The third kappa shape index (κ3) is 2.50. The molecule has 1 N–H and O–H groups in total. The highest BCUT2D eigenvalue weighted by molar-refractivity contribution is 5.95. The second-order valence-electron chi connectivity index (χ2n) is 4.97. The molecular weight excluding hydrogens is 212 g/mol. The van der Waals surface area contributed by atoms with Gasteiger partial charge in [-0.15, -0.1) is 0 Å². The maximum atomic E-state index is 12.3. The molecule has 2 rings (SSSR count). The molecule has 17 heavy (non-hydrogen) atoms. The fraction of sp³-hybridized carbons (Fsp3) is 0.500. The fourth-order valence-corrected chi connectivity index (χ4v) is 2.28. The van der Waals surface area contributed by atoms with Crippen molar-refractivity contribution in [1.29, 1.82) is 0 Å². The van der Waals surface area contributed by atoms with Gasteiger partial charge in [0.15, 0.2) is 0 Å². The van der Waals surface area contributed by atoms with Crippen molar-refractivity contribution < 1.29 is 4.79 Å². The second-order valence-corrected chi connectivity index (χ2v) is 4.97. The summed E-state index contributed by atoms with van der Waals surface area (Å²) in [6.07, 6.45) is 0. The molecule has 0 radical (unpaired) electrons. The van der Waals surface area contributed by atoms with Crippen molar-refractivity contribution in [2.45, 2.75) is 13.8 Å². The molecule has 0 aromatic heterocycles. The number of carbonyl (C=O) groups is 1. The van der Waals surface area contributed by atoms with Gasteiger partial charge in [-0.25, -0.2) is 0 Å². The summed E-state index contributed by atoms with van der Waals surface area (Å²) in [7, 11) is 1.86. The number of nitrogens with one attached hydrogen (secondary N) is 1. The van der Waals surface area contributed by atoms with E-state index in [1.807, 2.05) is 31.3 Å². The smallest absolute Gasteiger partial charge is 0.231 e. The van der Waals surface area contributed by atoms with Crippen LogP contribution in [0.25, 0.3) is 0 Å². The van der Waals surface area contributed by atoms with E-state index in [0.29, 0.717) is 5.92 Å². The van der Waals surface area contributed by atoms with Gasteiger partial charge in [-0.1, -0.05) is 24.6 Å². The number of anilines is 1. The first-order valence-electron chi connectivity index (χ1n) is 6.14. The Morgan fingerprint density at radius 1 is 1.29 bits per heavy atom. The lowest BCUT2D eigenvalue weighted by Gasteiger charge is -2.23. The van der Waals surface area contributed by atoms with Crippen LogP contribution in [-0.2, 0) is 4.79 Å². The van der Waals surface area contributed by atoms with Crippen LogP contribution < -0.4 is 10.2 Å².